The number of hydrogen-bond acceptors (Lipinski definition) is 5. The molecule has 0 aliphatic heterocycles. The number of hydrogen-bond donors (Lipinski definition) is 2. The highest BCUT2D eigenvalue weighted by atomic mass is 19.3. The lowest BCUT2D eigenvalue weighted by atomic mass is 10.1. The molecule has 3 aromatic rings. The second kappa shape index (κ2) is 11.5. The van der Waals surface area contributed by atoms with Crippen molar-refractivity contribution in [2.24, 2.45) is 0 Å². The Bertz CT molecular complexity index is 1130. The number of methoxy groups -OCH3 is 2. The second-order valence-electron chi connectivity index (χ2n) is 6.78. The highest BCUT2D eigenvalue weighted by Gasteiger charge is 2.22. The molecule has 176 valence electrons. The number of para-hydroxylation sites is 5. The topological polar surface area (TPSA) is 85.9 Å². The summed E-state index contributed by atoms with van der Waals surface area (Å²) < 4.78 is 40.7. The molecule has 0 bridgehead atoms. The summed E-state index contributed by atoms with van der Waals surface area (Å²) in [6.07, 6.45) is 1.17. The van der Waals surface area contributed by atoms with E-state index in [1.165, 1.54) is 38.5 Å². The van der Waals surface area contributed by atoms with Crippen molar-refractivity contribution in [3.05, 3.63) is 83.9 Å². The van der Waals surface area contributed by atoms with Crippen molar-refractivity contribution in [1.82, 2.24) is 0 Å². The van der Waals surface area contributed by atoms with Gasteiger partial charge in [-0.1, -0.05) is 42.5 Å². The van der Waals surface area contributed by atoms with Crippen LogP contribution < -0.4 is 24.8 Å². The van der Waals surface area contributed by atoms with Gasteiger partial charge in [0.05, 0.1) is 25.6 Å². The molecule has 0 spiro atoms. The Morgan fingerprint density at radius 1 is 0.735 bits per heavy atom. The number of amides is 2. The first-order valence-electron chi connectivity index (χ1n) is 10.1. The summed E-state index contributed by atoms with van der Waals surface area (Å²) in [6, 6.07) is 19.1. The standard InChI is InChI=1S/C25H22F2N2O5/c1-32-21-13-7-4-10-18(21)28-23(30)17(15-16-9-3-6-12-20(16)34-25(26)27)24(31)29-19-11-5-8-14-22(19)33-2/h3-15,25H,1-2H3,(H,28,30)(H,29,31). The third kappa shape index (κ3) is 6.10. The van der Waals surface area contributed by atoms with Crippen LogP contribution in [-0.2, 0) is 9.59 Å². The normalized spacial score (nSPS) is 10.3. The van der Waals surface area contributed by atoms with Gasteiger partial charge in [-0.05, 0) is 36.4 Å². The average molecular weight is 468 g/mol. The third-order valence-corrected chi connectivity index (χ3v) is 4.63. The minimum Gasteiger partial charge on any atom is -0.495 e. The number of alkyl halides is 2. The third-order valence-electron chi connectivity index (χ3n) is 4.63. The van der Waals surface area contributed by atoms with E-state index in [9.17, 15) is 18.4 Å². The summed E-state index contributed by atoms with van der Waals surface area (Å²) >= 11 is 0. The summed E-state index contributed by atoms with van der Waals surface area (Å²) in [5.74, 6) is -1.01. The van der Waals surface area contributed by atoms with Gasteiger partial charge >= 0.3 is 6.61 Å². The summed E-state index contributed by atoms with van der Waals surface area (Å²) in [6.45, 7) is -3.08. The van der Waals surface area contributed by atoms with E-state index >= 15 is 0 Å². The van der Waals surface area contributed by atoms with Crippen LogP contribution in [0.1, 0.15) is 5.56 Å². The lowest BCUT2D eigenvalue weighted by molar-refractivity contribution is -0.118. The Morgan fingerprint density at radius 3 is 1.65 bits per heavy atom. The van der Waals surface area contributed by atoms with Crippen LogP contribution in [0.5, 0.6) is 17.2 Å². The molecule has 2 N–H and O–H groups in total. The fraction of sp³-hybridized carbons (Fsp3) is 0.120. The van der Waals surface area contributed by atoms with E-state index in [2.05, 4.69) is 15.4 Å². The summed E-state index contributed by atoms with van der Waals surface area (Å²) in [5, 5.41) is 5.25. The number of carbonyl (C=O) groups excluding carboxylic acids is 2. The number of rotatable bonds is 9. The molecular formula is C25H22F2N2O5. The van der Waals surface area contributed by atoms with Crippen molar-refractivity contribution in [2.75, 3.05) is 24.9 Å². The Hall–Kier alpha value is -4.40. The zero-order chi connectivity index (χ0) is 24.5. The van der Waals surface area contributed by atoms with Gasteiger partial charge in [-0.25, -0.2) is 0 Å². The van der Waals surface area contributed by atoms with Crippen LogP contribution in [-0.4, -0.2) is 32.6 Å². The molecule has 0 fully saturated rings. The fourth-order valence-electron chi connectivity index (χ4n) is 3.07. The van der Waals surface area contributed by atoms with Crippen LogP contribution in [0.15, 0.2) is 78.4 Å². The maximum absolute atomic E-state index is 13.2. The molecule has 0 aromatic heterocycles. The molecule has 3 aromatic carbocycles. The van der Waals surface area contributed by atoms with Crippen LogP contribution in [0.2, 0.25) is 0 Å². The Labute approximate surface area is 195 Å². The molecule has 2 amide bonds. The highest BCUT2D eigenvalue weighted by molar-refractivity contribution is 6.29. The van der Waals surface area contributed by atoms with E-state index in [1.807, 2.05) is 0 Å². The molecule has 7 nitrogen and oxygen atoms in total. The van der Waals surface area contributed by atoms with Crippen LogP contribution >= 0.6 is 0 Å². The minimum absolute atomic E-state index is 0.114. The number of benzene rings is 3. The molecule has 0 aliphatic carbocycles. The van der Waals surface area contributed by atoms with Crippen molar-refractivity contribution in [3.63, 3.8) is 0 Å². The fourth-order valence-corrected chi connectivity index (χ4v) is 3.07. The average Bonchev–Trinajstić information content (AvgIpc) is 2.83. The van der Waals surface area contributed by atoms with Crippen molar-refractivity contribution >= 4 is 29.3 Å². The smallest absolute Gasteiger partial charge is 0.387 e. The lowest BCUT2D eigenvalue weighted by Gasteiger charge is -2.14. The van der Waals surface area contributed by atoms with E-state index in [0.29, 0.717) is 22.9 Å². The zero-order valence-electron chi connectivity index (χ0n) is 18.4. The van der Waals surface area contributed by atoms with Gasteiger partial charge in [0.1, 0.15) is 22.8 Å². The lowest BCUT2D eigenvalue weighted by Crippen LogP contribution is -2.25. The van der Waals surface area contributed by atoms with Gasteiger partial charge in [0.2, 0.25) is 0 Å². The molecule has 0 saturated heterocycles. The number of anilines is 2. The first kappa shape index (κ1) is 24.2. The molecule has 3 rings (SSSR count). The second-order valence-corrected chi connectivity index (χ2v) is 6.78. The Kier molecular flexibility index (Phi) is 8.17. The van der Waals surface area contributed by atoms with Gasteiger partial charge in [0, 0.05) is 5.56 Å². The molecule has 0 aliphatic rings. The highest BCUT2D eigenvalue weighted by Crippen LogP contribution is 2.28. The summed E-state index contributed by atoms with van der Waals surface area (Å²) in [4.78, 5) is 26.4. The van der Waals surface area contributed by atoms with Gasteiger partial charge < -0.3 is 24.8 Å². The largest absolute Gasteiger partial charge is 0.495 e. The van der Waals surface area contributed by atoms with Gasteiger partial charge in [-0.2, -0.15) is 8.78 Å². The quantitative estimate of drug-likeness (QED) is 0.263. The van der Waals surface area contributed by atoms with Crippen LogP contribution in [0.3, 0.4) is 0 Å². The number of nitrogens with one attached hydrogen (secondary N) is 2. The number of halogens is 2. The van der Waals surface area contributed by atoms with E-state index in [-0.39, 0.29) is 16.9 Å². The molecule has 34 heavy (non-hydrogen) atoms. The SMILES string of the molecule is COc1ccccc1NC(=O)C(=Cc1ccccc1OC(F)F)C(=O)Nc1ccccc1OC. The maximum Gasteiger partial charge on any atom is 0.387 e. The molecule has 9 heteroatoms. The van der Waals surface area contributed by atoms with Gasteiger partial charge in [-0.3, -0.25) is 9.59 Å². The molecule has 0 atom stereocenters. The molecule has 0 radical (unpaired) electrons. The van der Waals surface area contributed by atoms with Crippen LogP contribution in [0, 0.1) is 0 Å². The maximum atomic E-state index is 13.2. The van der Waals surface area contributed by atoms with E-state index in [0.717, 1.165) is 0 Å². The van der Waals surface area contributed by atoms with Gasteiger partial charge in [0.15, 0.2) is 0 Å². The first-order valence-corrected chi connectivity index (χ1v) is 10.1. The molecule has 0 saturated carbocycles. The van der Waals surface area contributed by atoms with Crippen molar-refractivity contribution in [1.29, 1.82) is 0 Å². The van der Waals surface area contributed by atoms with Crippen LogP contribution in [0.25, 0.3) is 6.08 Å². The summed E-state index contributed by atoms with van der Waals surface area (Å²) in [7, 11) is 2.88. The first-order chi connectivity index (χ1) is 16.4. The van der Waals surface area contributed by atoms with E-state index in [4.69, 9.17) is 9.47 Å². The van der Waals surface area contributed by atoms with Crippen molar-refractivity contribution in [2.45, 2.75) is 6.61 Å². The molecular weight excluding hydrogens is 446 g/mol. The van der Waals surface area contributed by atoms with E-state index < -0.39 is 18.4 Å². The Morgan fingerprint density at radius 2 is 1.18 bits per heavy atom. The predicted molar refractivity (Wildman–Crippen MR) is 124 cm³/mol. The van der Waals surface area contributed by atoms with Gasteiger partial charge in [-0.15, -0.1) is 0 Å². The van der Waals surface area contributed by atoms with Crippen molar-refractivity contribution in [3.8, 4) is 17.2 Å². The van der Waals surface area contributed by atoms with E-state index in [1.54, 1.807) is 54.6 Å². The number of ether oxygens (including phenoxy) is 3. The summed E-state index contributed by atoms with van der Waals surface area (Å²) in [5.41, 5.74) is 0.400. The monoisotopic (exact) mass is 468 g/mol. The van der Waals surface area contributed by atoms with Crippen molar-refractivity contribution < 1.29 is 32.6 Å². The number of carbonyl (C=O) groups is 2. The van der Waals surface area contributed by atoms with Crippen LogP contribution in [0.4, 0.5) is 20.2 Å². The Balaban J connectivity index is 2.02. The zero-order valence-corrected chi connectivity index (χ0v) is 18.4. The molecule has 0 heterocycles. The van der Waals surface area contributed by atoms with Gasteiger partial charge in [0.25, 0.3) is 11.8 Å². The molecule has 0 unspecified atom stereocenters. The predicted octanol–water partition coefficient (Wildman–Crippen LogP) is 4.97. The minimum atomic E-state index is -3.08.